The summed E-state index contributed by atoms with van der Waals surface area (Å²) >= 11 is 0. The molecule has 8 heteroatoms. The van der Waals surface area contributed by atoms with Crippen molar-refractivity contribution in [1.29, 1.82) is 0 Å². The second-order valence-corrected chi connectivity index (χ2v) is 5.12. The maximum atomic E-state index is 12.9. The number of imidazole rings is 1. The molecular weight excluding hydrogens is 297 g/mol. The van der Waals surface area contributed by atoms with Crippen molar-refractivity contribution < 1.29 is 18.0 Å². The number of ketones is 1. The van der Waals surface area contributed by atoms with E-state index in [0.29, 0.717) is 19.5 Å². The first-order valence-electron chi connectivity index (χ1n) is 6.71. The SMILES string of the molecule is CC(=O)c1ccc(C(F)(F)F)nc1N1CCc2nc[nH]c2C1. The number of hydrogen-bond donors (Lipinski definition) is 1. The normalized spacial score (nSPS) is 14.8. The van der Waals surface area contributed by atoms with Gasteiger partial charge in [-0.05, 0) is 19.1 Å². The van der Waals surface area contributed by atoms with Crippen LogP contribution in [-0.2, 0) is 19.1 Å². The predicted octanol–water partition coefficient (Wildman–Crippen LogP) is 2.59. The summed E-state index contributed by atoms with van der Waals surface area (Å²) in [7, 11) is 0. The van der Waals surface area contributed by atoms with Gasteiger partial charge < -0.3 is 9.88 Å². The van der Waals surface area contributed by atoms with Gasteiger partial charge in [-0.1, -0.05) is 0 Å². The van der Waals surface area contributed by atoms with Crippen LogP contribution in [0.15, 0.2) is 18.5 Å². The highest BCUT2D eigenvalue weighted by Crippen LogP contribution is 2.32. The molecule has 22 heavy (non-hydrogen) atoms. The van der Waals surface area contributed by atoms with Crippen molar-refractivity contribution in [3.63, 3.8) is 0 Å². The number of carbonyl (C=O) groups excluding carboxylic acids is 1. The van der Waals surface area contributed by atoms with Crippen LogP contribution >= 0.6 is 0 Å². The fourth-order valence-corrected chi connectivity index (χ4v) is 2.52. The van der Waals surface area contributed by atoms with Crippen LogP contribution in [0.25, 0.3) is 0 Å². The Kier molecular flexibility index (Phi) is 3.38. The number of H-pyrrole nitrogens is 1. The van der Waals surface area contributed by atoms with E-state index >= 15 is 0 Å². The van der Waals surface area contributed by atoms with Crippen molar-refractivity contribution in [3.8, 4) is 0 Å². The molecule has 0 bridgehead atoms. The Morgan fingerprint density at radius 2 is 2.14 bits per heavy atom. The molecule has 0 saturated heterocycles. The van der Waals surface area contributed by atoms with Crippen molar-refractivity contribution >= 4 is 11.6 Å². The molecule has 0 fully saturated rings. The van der Waals surface area contributed by atoms with Crippen molar-refractivity contribution in [1.82, 2.24) is 15.0 Å². The van der Waals surface area contributed by atoms with E-state index in [1.165, 1.54) is 13.0 Å². The number of nitrogens with one attached hydrogen (secondary N) is 1. The molecule has 2 aromatic heterocycles. The zero-order valence-electron chi connectivity index (χ0n) is 11.7. The largest absolute Gasteiger partial charge is 0.433 e. The molecule has 1 N–H and O–H groups in total. The second kappa shape index (κ2) is 5.11. The minimum absolute atomic E-state index is 0.0718. The summed E-state index contributed by atoms with van der Waals surface area (Å²) in [5, 5.41) is 0. The lowest BCUT2D eigenvalue weighted by molar-refractivity contribution is -0.141. The van der Waals surface area contributed by atoms with Gasteiger partial charge in [-0.2, -0.15) is 13.2 Å². The number of rotatable bonds is 2. The third-order valence-corrected chi connectivity index (χ3v) is 3.62. The number of pyridine rings is 1. The third-order valence-electron chi connectivity index (χ3n) is 3.62. The summed E-state index contributed by atoms with van der Waals surface area (Å²) in [5.41, 5.74) is 0.923. The first kappa shape index (κ1) is 14.6. The van der Waals surface area contributed by atoms with E-state index in [-0.39, 0.29) is 17.2 Å². The van der Waals surface area contributed by atoms with Gasteiger partial charge in [0.15, 0.2) is 5.78 Å². The Balaban J connectivity index is 2.03. The van der Waals surface area contributed by atoms with E-state index in [0.717, 1.165) is 17.5 Å². The van der Waals surface area contributed by atoms with E-state index in [2.05, 4.69) is 15.0 Å². The lowest BCUT2D eigenvalue weighted by atomic mass is 10.1. The van der Waals surface area contributed by atoms with Crippen LogP contribution in [0.2, 0.25) is 0 Å². The van der Waals surface area contributed by atoms with Gasteiger partial charge >= 0.3 is 6.18 Å². The molecule has 3 rings (SSSR count). The lowest BCUT2D eigenvalue weighted by Gasteiger charge is -2.29. The minimum atomic E-state index is -4.54. The van der Waals surface area contributed by atoms with Gasteiger partial charge in [-0.3, -0.25) is 4.79 Å². The molecule has 0 aliphatic carbocycles. The summed E-state index contributed by atoms with van der Waals surface area (Å²) in [6, 6.07) is 2.03. The molecule has 0 unspecified atom stereocenters. The van der Waals surface area contributed by atoms with Crippen LogP contribution in [0.3, 0.4) is 0 Å². The highest BCUT2D eigenvalue weighted by atomic mass is 19.4. The number of Topliss-reactive ketones (excluding diaryl/α,β-unsaturated/α-hetero) is 1. The quantitative estimate of drug-likeness (QED) is 0.866. The topological polar surface area (TPSA) is 61.9 Å². The Morgan fingerprint density at radius 3 is 2.82 bits per heavy atom. The average molecular weight is 310 g/mol. The van der Waals surface area contributed by atoms with E-state index in [9.17, 15) is 18.0 Å². The summed E-state index contributed by atoms with van der Waals surface area (Å²) in [5.74, 6) is -0.241. The summed E-state index contributed by atoms with van der Waals surface area (Å²) in [6.07, 6.45) is -2.40. The van der Waals surface area contributed by atoms with Crippen molar-refractivity contribution in [2.75, 3.05) is 11.4 Å². The zero-order chi connectivity index (χ0) is 15.9. The second-order valence-electron chi connectivity index (χ2n) is 5.12. The van der Waals surface area contributed by atoms with Crippen LogP contribution in [0, 0.1) is 0 Å². The summed E-state index contributed by atoms with van der Waals surface area (Å²) < 4.78 is 38.6. The molecule has 1 aliphatic heterocycles. The number of hydrogen-bond acceptors (Lipinski definition) is 4. The molecule has 0 amide bonds. The Morgan fingerprint density at radius 1 is 1.36 bits per heavy atom. The number of halogens is 3. The third kappa shape index (κ3) is 2.56. The van der Waals surface area contributed by atoms with Crippen LogP contribution < -0.4 is 4.90 Å². The molecule has 0 radical (unpaired) electrons. The maximum absolute atomic E-state index is 12.9. The van der Waals surface area contributed by atoms with E-state index < -0.39 is 11.9 Å². The number of alkyl halides is 3. The number of aromatic amines is 1. The molecule has 3 heterocycles. The number of anilines is 1. The fraction of sp³-hybridized carbons (Fsp3) is 0.357. The van der Waals surface area contributed by atoms with Crippen LogP contribution in [0.5, 0.6) is 0 Å². The average Bonchev–Trinajstić information content (AvgIpc) is 2.92. The van der Waals surface area contributed by atoms with E-state index in [4.69, 9.17) is 0 Å². The van der Waals surface area contributed by atoms with Crippen molar-refractivity contribution in [2.24, 2.45) is 0 Å². The van der Waals surface area contributed by atoms with Gasteiger partial charge in [-0.25, -0.2) is 9.97 Å². The number of nitrogens with zero attached hydrogens (tertiary/aromatic N) is 3. The van der Waals surface area contributed by atoms with Crippen molar-refractivity contribution in [2.45, 2.75) is 26.1 Å². The molecule has 0 saturated carbocycles. The highest BCUT2D eigenvalue weighted by molar-refractivity contribution is 5.98. The van der Waals surface area contributed by atoms with Gasteiger partial charge in [0.1, 0.15) is 11.5 Å². The molecule has 0 atom stereocenters. The van der Waals surface area contributed by atoms with Gasteiger partial charge in [0.25, 0.3) is 0 Å². The van der Waals surface area contributed by atoms with Gasteiger partial charge in [0.2, 0.25) is 0 Å². The minimum Gasteiger partial charge on any atom is -0.350 e. The number of carbonyl (C=O) groups is 1. The summed E-state index contributed by atoms with van der Waals surface area (Å²) in [6.45, 7) is 2.13. The molecule has 0 spiro atoms. The zero-order valence-corrected chi connectivity index (χ0v) is 11.7. The summed E-state index contributed by atoms with van der Waals surface area (Å²) in [4.78, 5) is 24.2. The van der Waals surface area contributed by atoms with Gasteiger partial charge in [0.05, 0.1) is 29.8 Å². The standard InChI is InChI=1S/C14H13F3N4O/c1-8(22)9-2-3-12(14(15,16)17)20-13(9)21-5-4-10-11(6-21)19-7-18-10/h2-3,7H,4-6H2,1H3,(H,18,19). The molecule has 0 aromatic carbocycles. The highest BCUT2D eigenvalue weighted by Gasteiger charge is 2.34. The Bertz CT molecular complexity index is 723. The lowest BCUT2D eigenvalue weighted by Crippen LogP contribution is -2.33. The Hall–Kier alpha value is -2.38. The van der Waals surface area contributed by atoms with Gasteiger partial charge in [0, 0.05) is 13.0 Å². The van der Waals surface area contributed by atoms with Crippen LogP contribution in [0.4, 0.5) is 19.0 Å². The van der Waals surface area contributed by atoms with Crippen molar-refractivity contribution in [3.05, 3.63) is 41.1 Å². The monoisotopic (exact) mass is 310 g/mol. The molecule has 5 nitrogen and oxygen atoms in total. The number of fused-ring (bicyclic) bond motifs is 1. The first-order valence-corrected chi connectivity index (χ1v) is 6.71. The predicted molar refractivity (Wildman–Crippen MR) is 72.6 cm³/mol. The smallest absolute Gasteiger partial charge is 0.350 e. The fourth-order valence-electron chi connectivity index (χ4n) is 2.52. The first-order chi connectivity index (χ1) is 10.4. The van der Waals surface area contributed by atoms with Gasteiger partial charge in [-0.15, -0.1) is 0 Å². The number of aromatic nitrogens is 3. The molecule has 1 aliphatic rings. The Labute approximate surface area is 124 Å². The molecule has 2 aromatic rings. The van der Waals surface area contributed by atoms with Crippen LogP contribution in [-0.4, -0.2) is 27.3 Å². The van der Waals surface area contributed by atoms with Crippen LogP contribution in [0.1, 0.15) is 34.4 Å². The molecular formula is C14H13F3N4O. The maximum Gasteiger partial charge on any atom is 0.433 e. The molecule has 116 valence electrons. The van der Waals surface area contributed by atoms with E-state index in [1.54, 1.807) is 11.2 Å². The van der Waals surface area contributed by atoms with E-state index in [1.807, 2.05) is 0 Å².